The Morgan fingerprint density at radius 3 is 2.42 bits per heavy atom. The van der Waals surface area contributed by atoms with Crippen LogP contribution in [0.25, 0.3) is 11.1 Å². The molecular weight excluding hydrogens is 425 g/mol. The first-order chi connectivity index (χ1) is 15.2. The summed E-state index contributed by atoms with van der Waals surface area (Å²) in [6.45, 7) is 2.43. The topological polar surface area (TPSA) is 21.3 Å². The zero-order valence-corrected chi connectivity index (χ0v) is 18.9. The molecule has 3 aromatic carbocycles. The maximum Gasteiger partial charge on any atom is 0.0965 e. The minimum atomic E-state index is 0.375. The van der Waals surface area contributed by atoms with Gasteiger partial charge in [-0.25, -0.2) is 0 Å². The molecule has 1 aliphatic heterocycles. The second kappa shape index (κ2) is 9.34. The Balaban J connectivity index is 1.54. The van der Waals surface area contributed by atoms with Crippen molar-refractivity contribution in [1.29, 1.82) is 0 Å². The molecule has 1 heterocycles. The quantitative estimate of drug-likeness (QED) is 0.456. The van der Waals surface area contributed by atoms with Crippen LogP contribution in [0.15, 0.2) is 72.8 Å². The van der Waals surface area contributed by atoms with Crippen molar-refractivity contribution >= 4 is 23.2 Å². The minimum Gasteiger partial charge on any atom is -0.366 e. The highest BCUT2D eigenvalue weighted by Gasteiger charge is 2.42. The molecule has 4 heteroatoms. The third-order valence-corrected chi connectivity index (χ3v) is 7.61. The fourth-order valence-corrected chi connectivity index (χ4v) is 5.99. The van der Waals surface area contributed by atoms with Crippen molar-refractivity contribution in [1.82, 2.24) is 5.32 Å². The second-order valence-electron chi connectivity index (χ2n) is 8.76. The normalized spacial score (nSPS) is 26.1. The van der Waals surface area contributed by atoms with Crippen molar-refractivity contribution in [3.63, 3.8) is 0 Å². The van der Waals surface area contributed by atoms with Crippen molar-refractivity contribution in [3.8, 4) is 11.1 Å². The number of nitrogens with one attached hydrogen (secondary N) is 1. The zero-order valence-electron chi connectivity index (χ0n) is 17.4. The summed E-state index contributed by atoms with van der Waals surface area (Å²) in [5.74, 6) is 1.83. The Hall–Kier alpha value is -1.84. The van der Waals surface area contributed by atoms with Gasteiger partial charge in [-0.15, -0.1) is 0 Å². The van der Waals surface area contributed by atoms with Gasteiger partial charge in [-0.2, -0.15) is 0 Å². The molecule has 0 aromatic heterocycles. The molecule has 0 radical (unpaired) electrons. The summed E-state index contributed by atoms with van der Waals surface area (Å²) < 4.78 is 5.84. The van der Waals surface area contributed by atoms with Gasteiger partial charge in [0.1, 0.15) is 0 Å². The van der Waals surface area contributed by atoms with Gasteiger partial charge in [0.25, 0.3) is 0 Å². The molecule has 2 nitrogen and oxygen atoms in total. The van der Waals surface area contributed by atoms with Crippen molar-refractivity contribution < 1.29 is 4.74 Å². The molecule has 2 aliphatic rings. The van der Waals surface area contributed by atoms with Crippen LogP contribution in [0.5, 0.6) is 0 Å². The van der Waals surface area contributed by atoms with Gasteiger partial charge in [-0.05, 0) is 77.0 Å². The van der Waals surface area contributed by atoms with Crippen LogP contribution in [0.4, 0.5) is 0 Å². The number of hydrogen-bond donors (Lipinski definition) is 1. The van der Waals surface area contributed by atoms with Crippen LogP contribution in [0, 0.1) is 11.8 Å². The van der Waals surface area contributed by atoms with Crippen LogP contribution in [0.1, 0.15) is 35.8 Å². The lowest BCUT2D eigenvalue weighted by Gasteiger charge is -2.43. The van der Waals surface area contributed by atoms with Crippen LogP contribution >= 0.6 is 23.2 Å². The summed E-state index contributed by atoms with van der Waals surface area (Å²) in [6.07, 6.45) is 2.28. The third-order valence-electron chi connectivity index (χ3n) is 7.03. The third kappa shape index (κ3) is 4.40. The number of benzene rings is 3. The Morgan fingerprint density at radius 1 is 0.839 bits per heavy atom. The Kier molecular flexibility index (Phi) is 6.34. The average Bonchev–Trinajstić information content (AvgIpc) is 3.05. The first kappa shape index (κ1) is 21.0. The molecule has 1 aliphatic carbocycles. The van der Waals surface area contributed by atoms with E-state index in [1.165, 1.54) is 16.7 Å². The van der Waals surface area contributed by atoms with E-state index in [1.54, 1.807) is 0 Å². The monoisotopic (exact) mass is 451 g/mol. The average molecular weight is 452 g/mol. The van der Waals surface area contributed by atoms with E-state index in [2.05, 4.69) is 59.9 Å². The number of fused-ring (bicyclic) bond motifs is 1. The highest BCUT2D eigenvalue weighted by molar-refractivity contribution is 6.31. The van der Waals surface area contributed by atoms with Crippen LogP contribution in [0.3, 0.4) is 0 Å². The van der Waals surface area contributed by atoms with Gasteiger partial charge in [0.05, 0.1) is 13.3 Å². The van der Waals surface area contributed by atoms with E-state index in [9.17, 15) is 0 Å². The maximum atomic E-state index is 6.94. The van der Waals surface area contributed by atoms with Crippen LogP contribution in [0.2, 0.25) is 10.0 Å². The number of ether oxygens (including phenoxy) is 1. The molecule has 0 amide bonds. The first-order valence-electron chi connectivity index (χ1n) is 11.1. The summed E-state index contributed by atoms with van der Waals surface area (Å²) in [4.78, 5) is 0. The molecule has 2 fully saturated rings. The first-order valence-corrected chi connectivity index (χ1v) is 11.8. The van der Waals surface area contributed by atoms with Crippen molar-refractivity contribution in [2.45, 2.75) is 24.7 Å². The fourth-order valence-electron chi connectivity index (χ4n) is 5.54. The van der Waals surface area contributed by atoms with Gasteiger partial charge < -0.3 is 4.74 Å². The predicted octanol–water partition coefficient (Wildman–Crippen LogP) is 7.13. The van der Waals surface area contributed by atoms with Gasteiger partial charge >= 0.3 is 0 Å². The SMILES string of the molecule is Clc1ccc(C2C(c3ccc(-c4ccccc4)cc3Cl)CCC3COCNCC32)cc1. The summed E-state index contributed by atoms with van der Waals surface area (Å²) in [7, 11) is 0. The summed E-state index contributed by atoms with van der Waals surface area (Å²) >= 11 is 13.2. The van der Waals surface area contributed by atoms with Crippen LogP contribution < -0.4 is 5.32 Å². The van der Waals surface area contributed by atoms with Gasteiger partial charge in [0.15, 0.2) is 0 Å². The molecule has 5 rings (SSSR count). The van der Waals surface area contributed by atoms with Gasteiger partial charge in [0.2, 0.25) is 0 Å². The lowest BCUT2D eigenvalue weighted by Crippen LogP contribution is -2.37. The van der Waals surface area contributed by atoms with Crippen LogP contribution in [-0.4, -0.2) is 19.9 Å². The molecule has 1 saturated heterocycles. The van der Waals surface area contributed by atoms with E-state index in [-0.39, 0.29) is 0 Å². The standard InChI is InChI=1S/C27H27Cl2NO/c28-22-10-6-19(7-11-22)27-24(13-9-21-16-31-17-30-15-25(21)27)23-12-8-20(14-26(23)29)18-4-2-1-3-5-18/h1-8,10-12,14,21,24-25,27,30H,9,13,15-17H2. The van der Waals surface area contributed by atoms with E-state index >= 15 is 0 Å². The van der Waals surface area contributed by atoms with E-state index in [1.807, 2.05) is 18.2 Å². The summed E-state index contributed by atoms with van der Waals surface area (Å²) in [6, 6.07) is 25.4. The van der Waals surface area contributed by atoms with Gasteiger partial charge in [-0.1, -0.05) is 77.8 Å². The molecule has 31 heavy (non-hydrogen) atoms. The predicted molar refractivity (Wildman–Crippen MR) is 129 cm³/mol. The number of rotatable bonds is 3. The number of hydrogen-bond acceptors (Lipinski definition) is 2. The summed E-state index contributed by atoms with van der Waals surface area (Å²) in [5.41, 5.74) is 4.95. The van der Waals surface area contributed by atoms with Crippen LogP contribution in [-0.2, 0) is 4.74 Å². The summed E-state index contributed by atoms with van der Waals surface area (Å²) in [5, 5.41) is 5.13. The molecule has 160 valence electrons. The molecule has 1 saturated carbocycles. The lowest BCUT2D eigenvalue weighted by atomic mass is 9.62. The van der Waals surface area contributed by atoms with E-state index < -0.39 is 0 Å². The number of halogens is 2. The maximum absolute atomic E-state index is 6.94. The highest BCUT2D eigenvalue weighted by Crippen LogP contribution is 2.51. The molecule has 0 bridgehead atoms. The van der Waals surface area contributed by atoms with E-state index in [0.29, 0.717) is 30.4 Å². The molecule has 4 unspecified atom stereocenters. The minimum absolute atomic E-state index is 0.375. The van der Waals surface area contributed by atoms with Gasteiger partial charge in [-0.3, -0.25) is 5.32 Å². The van der Waals surface area contributed by atoms with E-state index in [0.717, 1.165) is 41.6 Å². The largest absolute Gasteiger partial charge is 0.366 e. The molecular formula is C27H27Cl2NO. The van der Waals surface area contributed by atoms with E-state index in [4.69, 9.17) is 27.9 Å². The highest BCUT2D eigenvalue weighted by atomic mass is 35.5. The Bertz CT molecular complexity index is 1020. The van der Waals surface area contributed by atoms with Crippen molar-refractivity contribution in [2.24, 2.45) is 11.8 Å². The smallest absolute Gasteiger partial charge is 0.0965 e. The Morgan fingerprint density at radius 2 is 1.65 bits per heavy atom. The van der Waals surface area contributed by atoms with Crippen molar-refractivity contribution in [3.05, 3.63) is 94.0 Å². The van der Waals surface area contributed by atoms with Crippen molar-refractivity contribution in [2.75, 3.05) is 19.9 Å². The molecule has 0 spiro atoms. The fraction of sp³-hybridized carbons (Fsp3) is 0.333. The Labute approximate surface area is 194 Å². The lowest BCUT2D eigenvalue weighted by molar-refractivity contribution is 0.0747. The second-order valence-corrected chi connectivity index (χ2v) is 9.60. The molecule has 4 atom stereocenters. The van der Waals surface area contributed by atoms with Gasteiger partial charge in [0, 0.05) is 16.6 Å². The zero-order chi connectivity index (χ0) is 21.2. The molecule has 1 N–H and O–H groups in total. The molecule has 3 aromatic rings.